The molecule has 8 aliphatic rings. The second-order valence-electron chi connectivity index (χ2n) is 31.5. The van der Waals surface area contributed by atoms with Crippen molar-refractivity contribution >= 4 is 23.4 Å². The van der Waals surface area contributed by atoms with Crippen LogP contribution in [0.2, 0.25) is 0 Å². The van der Waals surface area contributed by atoms with Crippen molar-refractivity contribution in [2.75, 3.05) is 82.9 Å². The number of nitrogens with one attached hydrogen (secondary N) is 5. The van der Waals surface area contributed by atoms with Gasteiger partial charge in [0.1, 0.15) is 115 Å². The quantitative estimate of drug-likeness (QED) is 0.0229. The highest BCUT2D eigenvalue weighted by atomic mass is 16.8. The number of ether oxygens (including phenoxy) is 9. The number of hydrogen-bond acceptors (Lipinski definition) is 29. The molecule has 0 spiro atoms. The highest BCUT2D eigenvalue weighted by Crippen LogP contribution is 2.67. The predicted molar refractivity (Wildman–Crippen MR) is 375 cm³/mol. The number of alkyl carbamates (subject to hydrolysis) is 1. The van der Waals surface area contributed by atoms with Crippen molar-refractivity contribution in [1.29, 1.82) is 0 Å². The average Bonchev–Trinajstić information content (AvgIpc) is 1.43. The maximum absolute atomic E-state index is 13.0. The smallest absolute Gasteiger partial charge is 0.407 e. The van der Waals surface area contributed by atoms with Crippen LogP contribution in [0.4, 0.5) is 16.2 Å². The van der Waals surface area contributed by atoms with Crippen molar-refractivity contribution < 1.29 is 119 Å². The van der Waals surface area contributed by atoms with Crippen LogP contribution in [0.15, 0.2) is 21.2 Å². The van der Waals surface area contributed by atoms with Crippen LogP contribution in [0.25, 0.3) is 0 Å². The Bertz CT molecular complexity index is 2910. The van der Waals surface area contributed by atoms with E-state index >= 15 is 0 Å². The lowest BCUT2D eigenvalue weighted by atomic mass is 9.47. The second kappa shape index (κ2) is 39.3. The van der Waals surface area contributed by atoms with Crippen molar-refractivity contribution in [2.45, 2.75) is 292 Å². The molecular formula is C73H123N5O26. The van der Waals surface area contributed by atoms with Gasteiger partial charge in [0, 0.05) is 52.2 Å². The standard InChI is InChI=1S/C73H123N5O26/c1-38(2)15-14-16-39(3)43-20-21-44-42-19-18-40-33-41(22-24-72(40,4)45(42)23-25-73(43,44)5)98-71(95)78-29-28-74-26-11-12-27-76-51-52(58(88)57(51)87)77-31-30-75-50(82)17-10-8-6-7-9-13-32-96-68-64(94)65(56(86)49(102-68)37-97-67-62(92)59(89)53(83)46(34-79)99-67)103-70-66(61(91)55(85)48(36-81)101-70)104-69-63(93)60(90)54(84)47(35-80)100-69/h18,38-39,41-49,53-56,59-70,74,76-77,79-81,83-86,89-94H,6-17,19-37H2,1-5H3,(H,75,82)(H,78,95)/t39?,41-,42?,43+,44-,45-,46+,47+,48+,49+,53+,54+,55+,56+,59-,60-,61-,62-,63-,64-,65-,66-,67-,68+,69+,70+,72-,73+/m0/s1. The van der Waals surface area contributed by atoms with Gasteiger partial charge in [-0.05, 0) is 124 Å². The topological polar surface area (TPSA) is 474 Å². The Morgan fingerprint density at radius 3 is 1.81 bits per heavy atom. The molecule has 1 aromatic carbocycles. The summed E-state index contributed by atoms with van der Waals surface area (Å²) in [5.74, 6) is 4.52. The molecule has 9 rings (SSSR count). The van der Waals surface area contributed by atoms with Gasteiger partial charge in [-0.3, -0.25) is 14.4 Å². The lowest BCUT2D eigenvalue weighted by Gasteiger charge is -2.58. The summed E-state index contributed by atoms with van der Waals surface area (Å²) in [4.78, 5) is 50.5. The zero-order chi connectivity index (χ0) is 75.2. The molecule has 2 amide bonds. The third-order valence-corrected chi connectivity index (χ3v) is 24.1. The number of anilines is 2. The Morgan fingerprint density at radius 2 is 1.12 bits per heavy atom. The minimum absolute atomic E-state index is 0.0206. The SMILES string of the molecule is CC(C)CCCC(C)[C@H]1CC[C@H]2C3CC=C4C[C@@H](OC(=O)NCCNCCCCNc5c(NCCNC(=O)CCCCCCCCO[C@@H]6O[C@H](CO[C@H]7O[C@H](CO)[C@@H](O)[C@H](O)[C@@H]7O)[C@@H](O)[C@H](O[C@H]7O[C@H](CO)[C@@H](O)[C@H](O)[C@@H]7O[C@H]7O[C@H](CO)[C@@H](O)[C@H](O)[C@@H]7O)[C@@H]6O)c(=O)c5=O)CC[C@]4(C)[C@H]3CC[C@]12C. The van der Waals surface area contributed by atoms with Gasteiger partial charge >= 0.3 is 6.09 Å². The molecule has 31 nitrogen and oxygen atoms in total. The molecule has 4 aliphatic heterocycles. The number of amides is 2. The molecule has 104 heavy (non-hydrogen) atoms. The van der Waals surface area contributed by atoms with Gasteiger partial charge < -0.3 is 136 Å². The molecule has 28 atom stereocenters. The third kappa shape index (κ3) is 20.3. The van der Waals surface area contributed by atoms with Gasteiger partial charge in [0.2, 0.25) is 5.91 Å². The van der Waals surface area contributed by atoms with Crippen LogP contribution in [0.5, 0.6) is 0 Å². The molecule has 4 heterocycles. The number of rotatable bonds is 39. The molecule has 7 fully saturated rings. The lowest BCUT2D eigenvalue weighted by Crippen LogP contribution is -2.67. The van der Waals surface area contributed by atoms with E-state index in [1.807, 2.05) is 0 Å². The number of aliphatic hydroxyl groups excluding tert-OH is 13. The fourth-order valence-electron chi connectivity index (χ4n) is 17.9. The van der Waals surface area contributed by atoms with Crippen LogP contribution in [0, 0.1) is 46.3 Å². The second-order valence-corrected chi connectivity index (χ2v) is 31.5. The van der Waals surface area contributed by atoms with E-state index in [9.17, 15) is 85.6 Å². The molecule has 2 unspecified atom stereocenters. The summed E-state index contributed by atoms with van der Waals surface area (Å²) in [5, 5.41) is 153. The molecule has 18 N–H and O–H groups in total. The number of carbonyl (C=O) groups is 2. The first kappa shape index (κ1) is 84.3. The van der Waals surface area contributed by atoms with Crippen molar-refractivity contribution in [2.24, 2.45) is 46.3 Å². The van der Waals surface area contributed by atoms with Gasteiger partial charge in [-0.25, -0.2) is 4.79 Å². The first-order chi connectivity index (χ1) is 49.8. The third-order valence-electron chi connectivity index (χ3n) is 24.1. The summed E-state index contributed by atoms with van der Waals surface area (Å²) in [5.41, 5.74) is 1.36. The molecular weight excluding hydrogens is 1360 g/mol. The first-order valence-electron chi connectivity index (χ1n) is 38.5. The maximum Gasteiger partial charge on any atom is 0.407 e. The predicted octanol–water partition coefficient (Wildman–Crippen LogP) is -0.252. The van der Waals surface area contributed by atoms with Crippen LogP contribution in [0.3, 0.4) is 0 Å². The Kier molecular flexibility index (Phi) is 31.8. The molecule has 31 heteroatoms. The summed E-state index contributed by atoms with van der Waals surface area (Å²) in [6.45, 7) is 11.8. The molecule has 1 aromatic rings. The van der Waals surface area contributed by atoms with Crippen molar-refractivity contribution in [3.63, 3.8) is 0 Å². The van der Waals surface area contributed by atoms with Crippen molar-refractivity contribution in [3.05, 3.63) is 32.1 Å². The number of carbonyl (C=O) groups excluding carboxylic acids is 2. The summed E-state index contributed by atoms with van der Waals surface area (Å²) in [6.07, 6.45) is -14.4. The molecule has 0 bridgehead atoms. The fourth-order valence-corrected chi connectivity index (χ4v) is 17.9. The van der Waals surface area contributed by atoms with Crippen LogP contribution in [-0.2, 0) is 47.4 Å². The number of aliphatic hydroxyl groups is 13. The van der Waals surface area contributed by atoms with E-state index in [0.29, 0.717) is 56.8 Å². The van der Waals surface area contributed by atoms with E-state index in [1.54, 1.807) is 0 Å². The van der Waals surface area contributed by atoms with Crippen molar-refractivity contribution in [3.8, 4) is 0 Å². The van der Waals surface area contributed by atoms with Crippen LogP contribution in [0.1, 0.15) is 163 Å². The normalized spacial score (nSPS) is 39.0. The summed E-state index contributed by atoms with van der Waals surface area (Å²) in [6, 6.07) is 0. The highest BCUT2D eigenvalue weighted by molar-refractivity contribution is 5.76. The molecule has 4 saturated heterocycles. The molecule has 596 valence electrons. The number of allylic oxidation sites excluding steroid dienone is 1. The summed E-state index contributed by atoms with van der Waals surface area (Å²) < 4.78 is 52.0. The molecule has 3 saturated carbocycles. The number of hydrogen-bond donors (Lipinski definition) is 18. The fraction of sp³-hybridized carbons (Fsp3) is 0.890. The van der Waals surface area contributed by atoms with Gasteiger partial charge in [0.15, 0.2) is 25.2 Å². The molecule has 0 radical (unpaired) electrons. The van der Waals surface area contributed by atoms with Crippen LogP contribution >= 0.6 is 0 Å². The zero-order valence-corrected chi connectivity index (χ0v) is 61.2. The zero-order valence-electron chi connectivity index (χ0n) is 61.2. The highest BCUT2D eigenvalue weighted by Gasteiger charge is 2.60. The van der Waals surface area contributed by atoms with E-state index in [1.165, 1.54) is 50.5 Å². The van der Waals surface area contributed by atoms with Gasteiger partial charge in [-0.15, -0.1) is 0 Å². The molecule has 0 aromatic heterocycles. The van der Waals surface area contributed by atoms with Gasteiger partial charge in [-0.2, -0.15) is 0 Å². The van der Waals surface area contributed by atoms with E-state index in [-0.39, 0.29) is 61.0 Å². The van der Waals surface area contributed by atoms with E-state index in [0.717, 1.165) is 87.4 Å². The Labute approximate surface area is 609 Å². The largest absolute Gasteiger partial charge is 0.446 e. The molecule has 4 aliphatic carbocycles. The van der Waals surface area contributed by atoms with Gasteiger partial charge in [-0.1, -0.05) is 91.2 Å². The van der Waals surface area contributed by atoms with Crippen LogP contribution < -0.4 is 37.4 Å². The van der Waals surface area contributed by atoms with Crippen molar-refractivity contribution in [1.82, 2.24) is 16.0 Å². The number of fused-ring (bicyclic) bond motifs is 5. The summed E-state index contributed by atoms with van der Waals surface area (Å²) >= 11 is 0. The minimum Gasteiger partial charge on any atom is -0.446 e. The Balaban J connectivity index is 0.622. The maximum atomic E-state index is 13.0. The monoisotopic (exact) mass is 1490 g/mol. The first-order valence-corrected chi connectivity index (χ1v) is 38.5. The minimum atomic E-state index is -2.01. The van der Waals surface area contributed by atoms with E-state index < -0.39 is 160 Å². The number of unbranched alkanes of at least 4 members (excludes halogenated alkanes) is 6. The Morgan fingerprint density at radius 1 is 0.538 bits per heavy atom. The van der Waals surface area contributed by atoms with Gasteiger partial charge in [0.25, 0.3) is 10.9 Å². The Hall–Kier alpha value is -3.72. The lowest BCUT2D eigenvalue weighted by molar-refractivity contribution is -0.390. The average molecular weight is 1490 g/mol. The van der Waals surface area contributed by atoms with Gasteiger partial charge in [0.05, 0.1) is 26.4 Å². The van der Waals surface area contributed by atoms with Crippen LogP contribution in [-0.4, -0.2) is 280 Å². The van der Waals surface area contributed by atoms with E-state index in [4.69, 9.17) is 42.6 Å². The summed E-state index contributed by atoms with van der Waals surface area (Å²) in [7, 11) is 0. The van der Waals surface area contributed by atoms with E-state index in [2.05, 4.69) is 67.3 Å².